The number of hydrogen-bond acceptors (Lipinski definition) is 4. The Morgan fingerprint density at radius 1 is 0.556 bits per heavy atom. The van der Waals surface area contributed by atoms with Crippen molar-refractivity contribution in [2.75, 3.05) is 6.61 Å². The smallest absolute Gasteiger partial charge is 0.391 e. The van der Waals surface area contributed by atoms with Crippen molar-refractivity contribution in [3.8, 4) is 0 Å². The molecular formula is C37H76NO6P. The molecular weight excluding hydrogens is 585 g/mol. The highest BCUT2D eigenvalue weighted by atomic mass is 31.2. The first kappa shape index (κ1) is 44.5. The highest BCUT2D eigenvalue weighted by Gasteiger charge is 2.25. The predicted octanol–water partition coefficient (Wildman–Crippen LogP) is 11.1. The third-order valence-electron chi connectivity index (χ3n) is 9.09. The number of nitrogens with one attached hydrogen (secondary N) is 1. The molecule has 7 nitrogen and oxygen atoms in total. The van der Waals surface area contributed by atoms with Crippen LogP contribution < -0.4 is 5.32 Å². The minimum atomic E-state index is -4.68. The molecule has 270 valence electrons. The van der Waals surface area contributed by atoms with Crippen molar-refractivity contribution < 1.29 is 28.8 Å². The second-order valence-corrected chi connectivity index (χ2v) is 14.9. The van der Waals surface area contributed by atoms with Gasteiger partial charge in [0.1, 0.15) is 0 Å². The summed E-state index contributed by atoms with van der Waals surface area (Å²) >= 11 is 0. The molecule has 0 fully saturated rings. The Bertz CT molecular complexity index is 673. The van der Waals surface area contributed by atoms with E-state index in [-0.39, 0.29) is 5.91 Å². The average Bonchev–Trinajstić information content (AvgIpc) is 3.00. The van der Waals surface area contributed by atoms with E-state index in [1.54, 1.807) is 0 Å². The van der Waals surface area contributed by atoms with Gasteiger partial charge in [-0.15, -0.1) is 0 Å². The Morgan fingerprint density at radius 3 is 1.20 bits per heavy atom. The largest absolute Gasteiger partial charge is 0.469 e. The van der Waals surface area contributed by atoms with Crippen LogP contribution in [-0.4, -0.2) is 39.6 Å². The van der Waals surface area contributed by atoms with E-state index in [1.165, 1.54) is 148 Å². The Morgan fingerprint density at radius 2 is 0.867 bits per heavy atom. The summed E-state index contributed by atoms with van der Waals surface area (Å²) in [6.07, 6.45) is 36.5. The minimum absolute atomic E-state index is 0.191. The number of unbranched alkanes of at least 4 members (excludes halogenated alkanes) is 27. The van der Waals surface area contributed by atoms with Gasteiger partial charge in [0.05, 0.1) is 18.8 Å². The van der Waals surface area contributed by atoms with Gasteiger partial charge >= 0.3 is 7.82 Å². The van der Waals surface area contributed by atoms with E-state index in [1.807, 2.05) is 0 Å². The van der Waals surface area contributed by atoms with Crippen LogP contribution >= 0.6 is 7.82 Å². The van der Waals surface area contributed by atoms with Crippen molar-refractivity contribution in [3.05, 3.63) is 0 Å². The quantitative estimate of drug-likeness (QED) is 0.0392. The Labute approximate surface area is 279 Å². The molecule has 0 saturated heterocycles. The number of hydrogen-bond donors (Lipinski definition) is 4. The lowest BCUT2D eigenvalue weighted by Crippen LogP contribution is -2.46. The molecule has 1 amide bonds. The molecule has 4 N–H and O–H groups in total. The third-order valence-corrected chi connectivity index (χ3v) is 9.58. The summed E-state index contributed by atoms with van der Waals surface area (Å²) in [6, 6.07) is -0.816. The first-order valence-corrected chi connectivity index (χ1v) is 21.0. The molecule has 0 spiro atoms. The van der Waals surface area contributed by atoms with Gasteiger partial charge in [0, 0.05) is 6.42 Å². The van der Waals surface area contributed by atoms with Crippen molar-refractivity contribution in [2.45, 2.75) is 225 Å². The van der Waals surface area contributed by atoms with Crippen molar-refractivity contribution >= 4 is 13.7 Å². The SMILES string of the molecule is CCCCCCCCCCCCCCCCC[C@@H](O)[C@H](COP(=O)(O)O)NC(=O)CCCCCCCCCCCCCCCC. The molecule has 0 heterocycles. The van der Waals surface area contributed by atoms with Gasteiger partial charge in [-0.3, -0.25) is 9.32 Å². The fourth-order valence-corrected chi connectivity index (χ4v) is 6.47. The van der Waals surface area contributed by atoms with E-state index in [4.69, 9.17) is 9.79 Å². The van der Waals surface area contributed by atoms with Crippen LogP contribution in [0.25, 0.3) is 0 Å². The van der Waals surface area contributed by atoms with Gasteiger partial charge in [0.15, 0.2) is 0 Å². The number of aliphatic hydroxyl groups is 1. The van der Waals surface area contributed by atoms with E-state index in [2.05, 4.69) is 23.7 Å². The molecule has 8 heteroatoms. The summed E-state index contributed by atoms with van der Waals surface area (Å²) in [5.74, 6) is -0.191. The summed E-state index contributed by atoms with van der Waals surface area (Å²) in [6.45, 7) is 4.12. The summed E-state index contributed by atoms with van der Waals surface area (Å²) in [7, 11) is -4.68. The van der Waals surface area contributed by atoms with Crippen LogP contribution in [0.1, 0.15) is 213 Å². The Kier molecular flexibility index (Phi) is 33.1. The van der Waals surface area contributed by atoms with Gasteiger partial charge in [-0.2, -0.15) is 0 Å². The predicted molar refractivity (Wildman–Crippen MR) is 190 cm³/mol. The number of rotatable bonds is 36. The van der Waals surface area contributed by atoms with Gasteiger partial charge in [-0.1, -0.05) is 194 Å². The molecule has 0 bridgehead atoms. The van der Waals surface area contributed by atoms with E-state index >= 15 is 0 Å². The molecule has 0 radical (unpaired) electrons. The van der Waals surface area contributed by atoms with Crippen molar-refractivity contribution in [3.63, 3.8) is 0 Å². The van der Waals surface area contributed by atoms with Crippen LogP contribution in [-0.2, 0) is 13.9 Å². The maximum Gasteiger partial charge on any atom is 0.469 e. The summed E-state index contributed by atoms with van der Waals surface area (Å²) in [5.41, 5.74) is 0. The van der Waals surface area contributed by atoms with E-state index in [9.17, 15) is 14.5 Å². The zero-order valence-corrected chi connectivity index (χ0v) is 30.7. The van der Waals surface area contributed by atoms with Crippen LogP contribution in [0.15, 0.2) is 0 Å². The zero-order valence-electron chi connectivity index (χ0n) is 29.8. The molecule has 0 aromatic heterocycles. The van der Waals surface area contributed by atoms with Gasteiger partial charge in [-0.25, -0.2) is 4.57 Å². The average molecular weight is 662 g/mol. The topological polar surface area (TPSA) is 116 Å². The van der Waals surface area contributed by atoms with E-state index < -0.39 is 26.6 Å². The summed E-state index contributed by atoms with van der Waals surface area (Å²) < 4.78 is 15.9. The Balaban J connectivity index is 3.93. The molecule has 45 heavy (non-hydrogen) atoms. The number of aliphatic hydroxyl groups excluding tert-OH is 1. The minimum Gasteiger partial charge on any atom is -0.391 e. The molecule has 0 aliphatic rings. The highest BCUT2D eigenvalue weighted by molar-refractivity contribution is 7.46. The lowest BCUT2D eigenvalue weighted by molar-refractivity contribution is -0.123. The van der Waals surface area contributed by atoms with E-state index in [0.717, 1.165) is 38.5 Å². The summed E-state index contributed by atoms with van der Waals surface area (Å²) in [5, 5.41) is 13.5. The molecule has 0 aromatic carbocycles. The first-order valence-electron chi connectivity index (χ1n) is 19.5. The maximum absolute atomic E-state index is 12.5. The van der Waals surface area contributed by atoms with E-state index in [0.29, 0.717) is 12.8 Å². The maximum atomic E-state index is 12.5. The molecule has 0 unspecified atom stereocenters. The van der Waals surface area contributed by atoms with Crippen LogP contribution in [0.5, 0.6) is 0 Å². The van der Waals surface area contributed by atoms with Gasteiger partial charge in [0.25, 0.3) is 0 Å². The van der Waals surface area contributed by atoms with Crippen molar-refractivity contribution in [1.82, 2.24) is 5.32 Å². The second-order valence-electron chi connectivity index (χ2n) is 13.6. The molecule has 0 aliphatic carbocycles. The first-order chi connectivity index (χ1) is 21.8. The highest BCUT2D eigenvalue weighted by Crippen LogP contribution is 2.36. The molecule has 0 aliphatic heterocycles. The third kappa shape index (κ3) is 34.7. The van der Waals surface area contributed by atoms with Crippen LogP contribution in [0.2, 0.25) is 0 Å². The van der Waals surface area contributed by atoms with Crippen LogP contribution in [0.4, 0.5) is 0 Å². The molecule has 0 rings (SSSR count). The number of amides is 1. The fraction of sp³-hybridized carbons (Fsp3) is 0.973. The lowest BCUT2D eigenvalue weighted by Gasteiger charge is -2.24. The van der Waals surface area contributed by atoms with Gasteiger partial charge < -0.3 is 20.2 Å². The molecule has 0 saturated carbocycles. The van der Waals surface area contributed by atoms with Crippen molar-refractivity contribution in [1.29, 1.82) is 0 Å². The molecule has 2 atom stereocenters. The summed E-state index contributed by atoms with van der Waals surface area (Å²) in [4.78, 5) is 30.8. The normalized spacial score (nSPS) is 13.3. The van der Waals surface area contributed by atoms with Crippen LogP contribution in [0.3, 0.4) is 0 Å². The fourth-order valence-electron chi connectivity index (χ4n) is 6.11. The zero-order chi connectivity index (χ0) is 33.3. The number of carbonyl (C=O) groups excluding carboxylic acids is 1. The van der Waals surface area contributed by atoms with Crippen LogP contribution in [0, 0.1) is 0 Å². The standard InChI is InChI=1S/C37H76NO6P/c1-3-5-7-9-11-13-15-17-19-20-22-24-26-28-30-32-36(39)35(34-44-45(41,42)43)38-37(40)33-31-29-27-25-23-21-18-16-14-12-10-8-6-4-2/h35-36,39H,3-34H2,1-2H3,(H,38,40)(H2,41,42,43)/t35-,36+/m0/s1. The number of carbonyl (C=O) groups is 1. The number of phosphoric ester groups is 1. The molecule has 0 aromatic rings. The monoisotopic (exact) mass is 662 g/mol. The van der Waals surface area contributed by atoms with Crippen molar-refractivity contribution in [2.24, 2.45) is 0 Å². The van der Waals surface area contributed by atoms with Gasteiger partial charge in [0.2, 0.25) is 5.91 Å². The number of phosphoric acid groups is 1. The Hall–Kier alpha value is -0.460. The van der Waals surface area contributed by atoms with Gasteiger partial charge in [-0.05, 0) is 12.8 Å². The second kappa shape index (κ2) is 33.4. The lowest BCUT2D eigenvalue weighted by atomic mass is 10.0.